The van der Waals surface area contributed by atoms with Crippen molar-refractivity contribution in [2.24, 2.45) is 5.92 Å². The normalized spacial score (nSPS) is 11.3. The summed E-state index contributed by atoms with van der Waals surface area (Å²) in [5, 5.41) is 0. The van der Waals surface area contributed by atoms with Crippen molar-refractivity contribution in [2.75, 3.05) is 0 Å². The lowest BCUT2D eigenvalue weighted by molar-refractivity contribution is 0.644. The van der Waals surface area contributed by atoms with Gasteiger partial charge in [0.05, 0.1) is 0 Å². The van der Waals surface area contributed by atoms with Crippen LogP contribution in [0, 0.1) is 5.92 Å². The molecule has 2 nitrogen and oxygen atoms in total. The molecular formula is C12H19NO. The molecule has 0 aliphatic carbocycles. The third-order valence-corrected chi connectivity index (χ3v) is 2.19. The van der Waals surface area contributed by atoms with Crippen molar-refractivity contribution in [1.82, 2.24) is 4.98 Å². The van der Waals surface area contributed by atoms with Gasteiger partial charge in [0.1, 0.15) is 0 Å². The van der Waals surface area contributed by atoms with Crippen LogP contribution in [0.1, 0.15) is 44.9 Å². The van der Waals surface area contributed by atoms with Crippen LogP contribution in [0.15, 0.2) is 16.9 Å². The number of H-pyrrole nitrogens is 1. The fourth-order valence-corrected chi connectivity index (χ4v) is 1.52. The van der Waals surface area contributed by atoms with Crippen LogP contribution in [0.25, 0.3) is 0 Å². The smallest absolute Gasteiger partial charge is 0.248 e. The molecule has 0 aromatic carbocycles. The first-order valence-corrected chi connectivity index (χ1v) is 5.22. The van der Waals surface area contributed by atoms with Crippen molar-refractivity contribution in [3.8, 4) is 0 Å². The van der Waals surface area contributed by atoms with Crippen LogP contribution < -0.4 is 5.56 Å². The lowest BCUT2D eigenvalue weighted by atomic mass is 10.0. The first kappa shape index (κ1) is 11.0. The molecule has 0 aliphatic rings. The van der Waals surface area contributed by atoms with Gasteiger partial charge in [0.25, 0.3) is 0 Å². The van der Waals surface area contributed by atoms with Gasteiger partial charge in [-0.15, -0.1) is 0 Å². The Hall–Kier alpha value is -1.05. The molecule has 0 saturated heterocycles. The molecule has 1 aromatic heterocycles. The summed E-state index contributed by atoms with van der Waals surface area (Å²) in [5.41, 5.74) is 2.20. The SMILES string of the molecule is CC(C)Cc1cc(C(C)C)[nH]c(=O)c1. The highest BCUT2D eigenvalue weighted by Gasteiger charge is 2.04. The molecule has 1 aromatic rings. The number of hydrogen-bond acceptors (Lipinski definition) is 1. The molecule has 2 heteroatoms. The predicted octanol–water partition coefficient (Wildman–Crippen LogP) is 2.70. The van der Waals surface area contributed by atoms with Crippen LogP contribution in [0.4, 0.5) is 0 Å². The van der Waals surface area contributed by atoms with Gasteiger partial charge in [0, 0.05) is 11.8 Å². The molecule has 14 heavy (non-hydrogen) atoms. The van der Waals surface area contributed by atoms with E-state index in [0.717, 1.165) is 17.7 Å². The van der Waals surface area contributed by atoms with Crippen molar-refractivity contribution >= 4 is 0 Å². The van der Waals surface area contributed by atoms with Crippen LogP contribution >= 0.6 is 0 Å². The summed E-state index contributed by atoms with van der Waals surface area (Å²) in [6.45, 7) is 8.50. The van der Waals surface area contributed by atoms with E-state index in [1.165, 1.54) is 0 Å². The molecule has 0 bridgehead atoms. The van der Waals surface area contributed by atoms with E-state index in [0.29, 0.717) is 11.8 Å². The Morgan fingerprint density at radius 1 is 1.21 bits per heavy atom. The lowest BCUT2D eigenvalue weighted by Crippen LogP contribution is -2.11. The second kappa shape index (κ2) is 4.45. The van der Waals surface area contributed by atoms with Crippen LogP contribution in [-0.2, 0) is 6.42 Å². The van der Waals surface area contributed by atoms with Gasteiger partial charge in [-0.05, 0) is 29.9 Å². The highest BCUT2D eigenvalue weighted by atomic mass is 16.1. The number of nitrogens with one attached hydrogen (secondary N) is 1. The van der Waals surface area contributed by atoms with E-state index in [9.17, 15) is 4.79 Å². The Labute approximate surface area is 85.4 Å². The number of aromatic amines is 1. The minimum absolute atomic E-state index is 0.0202. The van der Waals surface area contributed by atoms with Crippen molar-refractivity contribution in [3.05, 3.63) is 33.7 Å². The fraction of sp³-hybridized carbons (Fsp3) is 0.583. The number of aromatic nitrogens is 1. The Bertz CT molecular complexity index is 350. The first-order chi connectivity index (χ1) is 6.49. The van der Waals surface area contributed by atoms with Gasteiger partial charge < -0.3 is 4.98 Å². The molecule has 0 aliphatic heterocycles. The van der Waals surface area contributed by atoms with Crippen molar-refractivity contribution in [3.63, 3.8) is 0 Å². The average Bonchev–Trinajstić information content (AvgIpc) is 2.01. The van der Waals surface area contributed by atoms with E-state index < -0.39 is 0 Å². The zero-order valence-corrected chi connectivity index (χ0v) is 9.42. The van der Waals surface area contributed by atoms with Gasteiger partial charge in [-0.3, -0.25) is 4.79 Å². The summed E-state index contributed by atoms with van der Waals surface area (Å²) in [6.07, 6.45) is 0.976. The Morgan fingerprint density at radius 2 is 1.86 bits per heavy atom. The van der Waals surface area contributed by atoms with Gasteiger partial charge in [-0.25, -0.2) is 0 Å². The molecule has 0 unspecified atom stereocenters. The molecule has 0 atom stereocenters. The molecule has 0 amide bonds. The quantitative estimate of drug-likeness (QED) is 0.786. The van der Waals surface area contributed by atoms with Gasteiger partial charge in [0.15, 0.2) is 0 Å². The first-order valence-electron chi connectivity index (χ1n) is 5.22. The number of pyridine rings is 1. The van der Waals surface area contributed by atoms with Crippen LogP contribution in [0.3, 0.4) is 0 Å². The van der Waals surface area contributed by atoms with E-state index in [1.807, 2.05) is 0 Å². The van der Waals surface area contributed by atoms with Crippen molar-refractivity contribution in [2.45, 2.75) is 40.0 Å². The van der Waals surface area contributed by atoms with Crippen LogP contribution in [0.2, 0.25) is 0 Å². The minimum atomic E-state index is 0.0202. The maximum Gasteiger partial charge on any atom is 0.248 e. The summed E-state index contributed by atoms with van der Waals surface area (Å²) in [4.78, 5) is 14.2. The van der Waals surface area contributed by atoms with Gasteiger partial charge in [0.2, 0.25) is 5.56 Å². The van der Waals surface area contributed by atoms with Gasteiger partial charge in [-0.2, -0.15) is 0 Å². The second-order valence-electron chi connectivity index (χ2n) is 4.56. The molecule has 0 fully saturated rings. The van der Waals surface area contributed by atoms with Crippen LogP contribution in [-0.4, -0.2) is 4.98 Å². The minimum Gasteiger partial charge on any atom is -0.326 e. The van der Waals surface area contributed by atoms with E-state index in [-0.39, 0.29) is 5.56 Å². The Kier molecular flexibility index (Phi) is 3.50. The standard InChI is InChI=1S/C12H19NO/c1-8(2)5-10-6-11(9(3)4)13-12(14)7-10/h6-9H,5H2,1-4H3,(H,13,14). The highest BCUT2D eigenvalue weighted by Crippen LogP contribution is 2.13. The lowest BCUT2D eigenvalue weighted by Gasteiger charge is -2.09. The molecule has 1 N–H and O–H groups in total. The van der Waals surface area contributed by atoms with E-state index in [1.54, 1.807) is 6.07 Å². The zero-order valence-electron chi connectivity index (χ0n) is 9.42. The average molecular weight is 193 g/mol. The molecule has 78 valence electrons. The maximum atomic E-state index is 11.3. The largest absolute Gasteiger partial charge is 0.326 e. The molecule has 0 saturated carbocycles. The van der Waals surface area contributed by atoms with Crippen molar-refractivity contribution in [1.29, 1.82) is 0 Å². The summed E-state index contributed by atoms with van der Waals surface area (Å²) >= 11 is 0. The van der Waals surface area contributed by atoms with Gasteiger partial charge in [-0.1, -0.05) is 27.7 Å². The topological polar surface area (TPSA) is 32.9 Å². The Morgan fingerprint density at radius 3 is 2.36 bits per heavy atom. The summed E-state index contributed by atoms with van der Waals surface area (Å²) in [5.74, 6) is 0.978. The molecule has 0 radical (unpaired) electrons. The third kappa shape index (κ3) is 3.02. The predicted molar refractivity (Wildman–Crippen MR) is 59.7 cm³/mol. The highest BCUT2D eigenvalue weighted by molar-refractivity contribution is 5.18. The molecule has 0 spiro atoms. The van der Waals surface area contributed by atoms with Gasteiger partial charge >= 0.3 is 0 Å². The molecule has 1 heterocycles. The number of hydrogen-bond donors (Lipinski definition) is 1. The zero-order chi connectivity index (χ0) is 10.7. The maximum absolute atomic E-state index is 11.3. The number of rotatable bonds is 3. The monoisotopic (exact) mass is 193 g/mol. The van der Waals surface area contributed by atoms with Crippen molar-refractivity contribution < 1.29 is 0 Å². The molecular weight excluding hydrogens is 174 g/mol. The second-order valence-corrected chi connectivity index (χ2v) is 4.56. The van der Waals surface area contributed by atoms with E-state index >= 15 is 0 Å². The van der Waals surface area contributed by atoms with Crippen LogP contribution in [0.5, 0.6) is 0 Å². The third-order valence-electron chi connectivity index (χ3n) is 2.19. The summed E-state index contributed by atoms with van der Waals surface area (Å²) in [6, 6.07) is 3.80. The fourth-order valence-electron chi connectivity index (χ4n) is 1.52. The summed E-state index contributed by atoms with van der Waals surface area (Å²) < 4.78 is 0. The Balaban J connectivity index is 3.01. The van der Waals surface area contributed by atoms with E-state index in [4.69, 9.17) is 0 Å². The van der Waals surface area contributed by atoms with E-state index in [2.05, 4.69) is 38.7 Å². The summed E-state index contributed by atoms with van der Waals surface area (Å²) in [7, 11) is 0. The molecule has 1 rings (SSSR count).